The Kier molecular flexibility index (Phi) is 4.17. The van der Waals surface area contributed by atoms with Crippen molar-refractivity contribution in [2.45, 2.75) is 18.9 Å². The van der Waals surface area contributed by atoms with Crippen LogP contribution < -0.4 is 10.7 Å². The fraction of sp³-hybridized carbons (Fsp3) is 0.263. The van der Waals surface area contributed by atoms with Gasteiger partial charge in [0.25, 0.3) is 0 Å². The molecular formula is C19H20N4S. The Hall–Kier alpha value is -2.40. The topological polar surface area (TPSA) is 52.2 Å². The maximum Gasteiger partial charge on any atom is 0.187 e. The van der Waals surface area contributed by atoms with Gasteiger partial charge in [0, 0.05) is 17.9 Å². The second kappa shape index (κ2) is 6.61. The summed E-state index contributed by atoms with van der Waals surface area (Å²) < 4.78 is 0. The van der Waals surface area contributed by atoms with Crippen LogP contribution in [0.3, 0.4) is 0 Å². The standard InChI is InChI=1S/C19H20N4S/c24-19(22-18-11-14-5-8-16(18)10-14)23-21-12-13-3-6-15(7-4-13)17-2-1-9-20-17/h1-9,12,14,16,18,20H,10-11H2,(H2,22,23,24)/b21-12+. The molecule has 3 N–H and O–H groups in total. The fourth-order valence-electron chi connectivity index (χ4n) is 3.57. The summed E-state index contributed by atoms with van der Waals surface area (Å²) in [5.74, 6) is 1.36. The van der Waals surface area contributed by atoms with Crippen molar-refractivity contribution in [2.24, 2.45) is 16.9 Å². The molecular weight excluding hydrogens is 316 g/mol. The molecule has 1 fully saturated rings. The predicted octanol–water partition coefficient (Wildman–Crippen LogP) is 3.44. The molecule has 1 heterocycles. The van der Waals surface area contributed by atoms with E-state index < -0.39 is 0 Å². The van der Waals surface area contributed by atoms with Crippen LogP contribution >= 0.6 is 12.2 Å². The molecule has 24 heavy (non-hydrogen) atoms. The summed E-state index contributed by atoms with van der Waals surface area (Å²) in [4.78, 5) is 3.20. The smallest absolute Gasteiger partial charge is 0.187 e. The first kappa shape index (κ1) is 15.1. The maximum atomic E-state index is 5.33. The van der Waals surface area contributed by atoms with Crippen LogP contribution in [-0.4, -0.2) is 22.4 Å². The number of fused-ring (bicyclic) bond motifs is 2. The number of aromatic amines is 1. The van der Waals surface area contributed by atoms with Gasteiger partial charge in [-0.3, -0.25) is 5.43 Å². The minimum Gasteiger partial charge on any atom is -0.361 e. The molecule has 1 aromatic heterocycles. The van der Waals surface area contributed by atoms with Crippen molar-refractivity contribution in [3.8, 4) is 11.3 Å². The van der Waals surface area contributed by atoms with Crippen molar-refractivity contribution >= 4 is 23.5 Å². The summed E-state index contributed by atoms with van der Waals surface area (Å²) in [6, 6.07) is 12.7. The van der Waals surface area contributed by atoms with Crippen LogP contribution in [-0.2, 0) is 0 Å². The molecule has 0 aliphatic heterocycles. The molecule has 2 bridgehead atoms. The number of rotatable bonds is 4. The average molecular weight is 336 g/mol. The Morgan fingerprint density at radius 1 is 1.17 bits per heavy atom. The van der Waals surface area contributed by atoms with E-state index in [9.17, 15) is 0 Å². The van der Waals surface area contributed by atoms with Gasteiger partial charge in [-0.2, -0.15) is 5.10 Å². The molecule has 4 nitrogen and oxygen atoms in total. The molecule has 2 aliphatic rings. The van der Waals surface area contributed by atoms with Crippen LogP contribution in [0.4, 0.5) is 0 Å². The van der Waals surface area contributed by atoms with E-state index in [4.69, 9.17) is 12.2 Å². The number of hydrogen-bond donors (Lipinski definition) is 3. The number of allylic oxidation sites excluding steroid dienone is 1. The summed E-state index contributed by atoms with van der Waals surface area (Å²) in [6.07, 6.45) is 10.8. The Balaban J connectivity index is 1.29. The Morgan fingerprint density at radius 2 is 2.04 bits per heavy atom. The van der Waals surface area contributed by atoms with E-state index in [0.717, 1.165) is 22.7 Å². The van der Waals surface area contributed by atoms with Crippen LogP contribution in [0.5, 0.6) is 0 Å². The van der Waals surface area contributed by atoms with E-state index in [1.54, 1.807) is 6.21 Å². The number of H-pyrrole nitrogens is 1. The second-order valence-corrected chi connectivity index (χ2v) is 6.84. The summed E-state index contributed by atoms with van der Waals surface area (Å²) in [7, 11) is 0. The number of nitrogens with one attached hydrogen (secondary N) is 3. The largest absolute Gasteiger partial charge is 0.361 e. The third-order valence-electron chi connectivity index (χ3n) is 4.79. The first-order chi connectivity index (χ1) is 11.8. The van der Waals surface area contributed by atoms with E-state index in [2.05, 4.69) is 51.2 Å². The van der Waals surface area contributed by atoms with E-state index in [1.807, 2.05) is 24.4 Å². The van der Waals surface area contributed by atoms with E-state index in [0.29, 0.717) is 17.1 Å². The molecule has 4 rings (SSSR count). The number of aromatic nitrogens is 1. The minimum absolute atomic E-state index is 0.454. The lowest BCUT2D eigenvalue weighted by Gasteiger charge is -2.20. The highest BCUT2D eigenvalue weighted by Gasteiger charge is 2.35. The summed E-state index contributed by atoms with van der Waals surface area (Å²) in [5.41, 5.74) is 6.22. The SMILES string of the molecule is S=C(N/N=C/c1ccc(-c2ccc[nH]2)cc1)NC1CC2C=CC1C2. The van der Waals surface area contributed by atoms with Crippen molar-refractivity contribution in [1.29, 1.82) is 0 Å². The van der Waals surface area contributed by atoms with Crippen molar-refractivity contribution in [3.05, 3.63) is 60.3 Å². The molecule has 2 aromatic rings. The molecule has 3 atom stereocenters. The summed E-state index contributed by atoms with van der Waals surface area (Å²) in [6.45, 7) is 0. The van der Waals surface area contributed by atoms with Gasteiger partial charge < -0.3 is 10.3 Å². The van der Waals surface area contributed by atoms with E-state index in [1.165, 1.54) is 12.8 Å². The van der Waals surface area contributed by atoms with Gasteiger partial charge in [0.2, 0.25) is 0 Å². The molecule has 2 aliphatic carbocycles. The molecule has 1 aromatic carbocycles. The lowest BCUT2D eigenvalue weighted by molar-refractivity contribution is 0.521. The third-order valence-corrected chi connectivity index (χ3v) is 5.00. The number of hydrazone groups is 1. The molecule has 0 saturated heterocycles. The zero-order chi connectivity index (χ0) is 16.4. The predicted molar refractivity (Wildman–Crippen MR) is 102 cm³/mol. The highest BCUT2D eigenvalue weighted by Crippen LogP contribution is 2.38. The Labute approximate surface area is 147 Å². The van der Waals surface area contributed by atoms with Gasteiger partial charge in [-0.25, -0.2) is 0 Å². The van der Waals surface area contributed by atoms with Crippen molar-refractivity contribution in [2.75, 3.05) is 0 Å². The van der Waals surface area contributed by atoms with Crippen molar-refractivity contribution in [3.63, 3.8) is 0 Å². The van der Waals surface area contributed by atoms with Crippen molar-refractivity contribution < 1.29 is 0 Å². The zero-order valence-electron chi connectivity index (χ0n) is 13.3. The second-order valence-electron chi connectivity index (χ2n) is 6.44. The summed E-state index contributed by atoms with van der Waals surface area (Å²) >= 11 is 5.33. The molecule has 0 amide bonds. The number of thiocarbonyl (C=S) groups is 1. The maximum absolute atomic E-state index is 5.33. The first-order valence-corrected chi connectivity index (χ1v) is 8.70. The normalized spacial score (nSPS) is 24.6. The monoisotopic (exact) mass is 336 g/mol. The molecule has 3 unspecified atom stereocenters. The average Bonchev–Trinajstić information content (AvgIpc) is 3.33. The van der Waals surface area contributed by atoms with Gasteiger partial charge in [-0.15, -0.1) is 0 Å². The highest BCUT2D eigenvalue weighted by atomic mass is 32.1. The van der Waals surface area contributed by atoms with Crippen LogP contribution in [0.15, 0.2) is 59.8 Å². The molecule has 0 radical (unpaired) electrons. The molecule has 122 valence electrons. The van der Waals surface area contributed by atoms with Crippen LogP contribution in [0.2, 0.25) is 0 Å². The van der Waals surface area contributed by atoms with Crippen LogP contribution in [0, 0.1) is 11.8 Å². The first-order valence-electron chi connectivity index (χ1n) is 8.29. The minimum atomic E-state index is 0.454. The van der Waals surface area contributed by atoms with E-state index >= 15 is 0 Å². The van der Waals surface area contributed by atoms with Crippen LogP contribution in [0.1, 0.15) is 18.4 Å². The molecule has 1 saturated carbocycles. The van der Waals surface area contributed by atoms with Gasteiger partial charge in [0.05, 0.1) is 6.21 Å². The quantitative estimate of drug-likeness (QED) is 0.347. The lowest BCUT2D eigenvalue weighted by atomic mass is 10.0. The lowest BCUT2D eigenvalue weighted by Crippen LogP contribution is -2.42. The van der Waals surface area contributed by atoms with E-state index in [-0.39, 0.29) is 0 Å². The Morgan fingerprint density at radius 3 is 2.71 bits per heavy atom. The molecule has 0 spiro atoms. The number of benzene rings is 1. The highest BCUT2D eigenvalue weighted by molar-refractivity contribution is 7.80. The zero-order valence-corrected chi connectivity index (χ0v) is 14.1. The number of hydrogen-bond acceptors (Lipinski definition) is 2. The third kappa shape index (κ3) is 3.26. The van der Waals surface area contributed by atoms with Crippen LogP contribution in [0.25, 0.3) is 11.3 Å². The summed E-state index contributed by atoms with van der Waals surface area (Å²) in [5, 5.41) is 8.21. The van der Waals surface area contributed by atoms with Crippen molar-refractivity contribution in [1.82, 2.24) is 15.7 Å². The van der Waals surface area contributed by atoms with Gasteiger partial charge in [-0.05, 0) is 60.2 Å². The van der Waals surface area contributed by atoms with Gasteiger partial charge in [0.15, 0.2) is 5.11 Å². The number of nitrogens with zero attached hydrogens (tertiary/aromatic N) is 1. The molecule has 5 heteroatoms. The van der Waals surface area contributed by atoms with Gasteiger partial charge in [0.1, 0.15) is 0 Å². The fourth-order valence-corrected chi connectivity index (χ4v) is 3.78. The van der Waals surface area contributed by atoms with Gasteiger partial charge >= 0.3 is 0 Å². The van der Waals surface area contributed by atoms with Gasteiger partial charge in [-0.1, -0.05) is 36.4 Å². The Bertz CT molecular complexity index is 761.